The van der Waals surface area contributed by atoms with Crippen LogP contribution in [0.25, 0.3) is 21.9 Å². The fraction of sp³-hybridized carbons (Fsp3) is 0.111. The lowest BCUT2D eigenvalue weighted by molar-refractivity contribution is 0.420. The molecule has 0 radical (unpaired) electrons. The molecule has 0 N–H and O–H groups in total. The van der Waals surface area contributed by atoms with Crippen LogP contribution in [-0.2, 0) is 6.42 Å². The molecule has 1 aliphatic rings. The Morgan fingerprint density at radius 3 is 2.58 bits per heavy atom. The van der Waals surface area contributed by atoms with Crippen molar-refractivity contribution in [2.45, 2.75) is 6.42 Å². The standard InChI is InChI=1S/C18H14O/c1-19-18-8-4-7-14-16(18)10-9-15-13-6-3-2-5-12(13)11-17(14)15/h2-10H,11H2,1H3. The predicted molar refractivity (Wildman–Crippen MR) is 78.7 cm³/mol. The van der Waals surface area contributed by atoms with Gasteiger partial charge < -0.3 is 4.74 Å². The van der Waals surface area contributed by atoms with Crippen LogP contribution in [0.4, 0.5) is 0 Å². The Kier molecular flexibility index (Phi) is 2.16. The van der Waals surface area contributed by atoms with Crippen LogP contribution in [0, 0.1) is 0 Å². The minimum atomic E-state index is 0.955. The highest BCUT2D eigenvalue weighted by molar-refractivity contribution is 5.98. The van der Waals surface area contributed by atoms with Gasteiger partial charge in [-0.3, -0.25) is 0 Å². The summed E-state index contributed by atoms with van der Waals surface area (Å²) in [4.78, 5) is 0. The van der Waals surface area contributed by atoms with Gasteiger partial charge in [-0.05, 0) is 40.1 Å². The van der Waals surface area contributed by atoms with Crippen LogP contribution < -0.4 is 4.74 Å². The molecule has 0 atom stereocenters. The van der Waals surface area contributed by atoms with Gasteiger partial charge >= 0.3 is 0 Å². The zero-order valence-corrected chi connectivity index (χ0v) is 10.8. The molecule has 4 rings (SSSR count). The van der Waals surface area contributed by atoms with Crippen molar-refractivity contribution in [3.05, 3.63) is 65.7 Å². The second-order valence-electron chi connectivity index (χ2n) is 4.98. The Labute approximate surface area is 112 Å². The fourth-order valence-corrected chi connectivity index (χ4v) is 3.14. The van der Waals surface area contributed by atoms with Crippen molar-refractivity contribution in [2.24, 2.45) is 0 Å². The monoisotopic (exact) mass is 246 g/mol. The summed E-state index contributed by atoms with van der Waals surface area (Å²) in [6, 6.07) is 19.4. The van der Waals surface area contributed by atoms with E-state index in [1.165, 1.54) is 33.0 Å². The first-order valence-corrected chi connectivity index (χ1v) is 6.55. The average Bonchev–Trinajstić information content (AvgIpc) is 2.85. The van der Waals surface area contributed by atoms with E-state index < -0.39 is 0 Å². The smallest absolute Gasteiger partial charge is 0.126 e. The lowest BCUT2D eigenvalue weighted by Gasteiger charge is -2.09. The SMILES string of the molecule is COc1cccc2c3c(ccc12)-c1ccccc1C3. The van der Waals surface area contributed by atoms with Crippen molar-refractivity contribution in [2.75, 3.05) is 7.11 Å². The van der Waals surface area contributed by atoms with E-state index in [4.69, 9.17) is 4.74 Å². The third-order valence-corrected chi connectivity index (χ3v) is 4.03. The van der Waals surface area contributed by atoms with Gasteiger partial charge in [-0.15, -0.1) is 0 Å². The third-order valence-electron chi connectivity index (χ3n) is 4.03. The van der Waals surface area contributed by atoms with E-state index in [1.54, 1.807) is 7.11 Å². The summed E-state index contributed by atoms with van der Waals surface area (Å²) in [7, 11) is 1.73. The minimum Gasteiger partial charge on any atom is -0.496 e. The van der Waals surface area contributed by atoms with Crippen molar-refractivity contribution >= 4 is 10.8 Å². The maximum absolute atomic E-state index is 5.46. The van der Waals surface area contributed by atoms with Gasteiger partial charge in [0, 0.05) is 5.39 Å². The summed E-state index contributed by atoms with van der Waals surface area (Å²) in [6.45, 7) is 0. The molecule has 3 aromatic carbocycles. The van der Waals surface area contributed by atoms with Gasteiger partial charge in [-0.2, -0.15) is 0 Å². The molecule has 0 saturated carbocycles. The summed E-state index contributed by atoms with van der Waals surface area (Å²) >= 11 is 0. The lowest BCUT2D eigenvalue weighted by Crippen LogP contribution is -1.88. The van der Waals surface area contributed by atoms with E-state index in [0.29, 0.717) is 0 Å². The van der Waals surface area contributed by atoms with E-state index in [9.17, 15) is 0 Å². The Balaban J connectivity index is 2.06. The summed E-state index contributed by atoms with van der Waals surface area (Å²) < 4.78 is 5.46. The Morgan fingerprint density at radius 2 is 1.68 bits per heavy atom. The Bertz CT molecular complexity index is 787. The Hall–Kier alpha value is -2.28. The molecular formula is C18H14O. The van der Waals surface area contributed by atoms with Crippen LogP contribution in [-0.4, -0.2) is 7.11 Å². The minimum absolute atomic E-state index is 0.955. The van der Waals surface area contributed by atoms with E-state index in [-0.39, 0.29) is 0 Å². The number of benzene rings is 3. The first-order valence-electron chi connectivity index (χ1n) is 6.55. The van der Waals surface area contributed by atoms with Gasteiger partial charge in [0.25, 0.3) is 0 Å². The molecule has 0 heterocycles. The molecule has 3 aromatic rings. The van der Waals surface area contributed by atoms with Gasteiger partial charge in [0.05, 0.1) is 7.11 Å². The van der Waals surface area contributed by atoms with E-state index in [2.05, 4.69) is 48.5 Å². The normalized spacial score (nSPS) is 12.3. The van der Waals surface area contributed by atoms with Crippen molar-refractivity contribution < 1.29 is 4.74 Å². The molecule has 0 amide bonds. The van der Waals surface area contributed by atoms with E-state index in [0.717, 1.165) is 12.2 Å². The number of hydrogen-bond donors (Lipinski definition) is 0. The molecule has 1 nitrogen and oxygen atoms in total. The third kappa shape index (κ3) is 1.42. The summed E-state index contributed by atoms with van der Waals surface area (Å²) in [5, 5.41) is 2.52. The maximum Gasteiger partial charge on any atom is 0.126 e. The van der Waals surface area contributed by atoms with Crippen molar-refractivity contribution in [1.29, 1.82) is 0 Å². The molecule has 0 bridgehead atoms. The lowest BCUT2D eigenvalue weighted by atomic mass is 9.99. The zero-order chi connectivity index (χ0) is 12.8. The molecule has 92 valence electrons. The van der Waals surface area contributed by atoms with Crippen LogP contribution in [0.2, 0.25) is 0 Å². The highest BCUT2D eigenvalue weighted by atomic mass is 16.5. The van der Waals surface area contributed by atoms with Crippen LogP contribution in [0.1, 0.15) is 11.1 Å². The number of rotatable bonds is 1. The number of hydrogen-bond acceptors (Lipinski definition) is 1. The predicted octanol–water partition coefficient (Wildman–Crippen LogP) is 4.42. The molecule has 19 heavy (non-hydrogen) atoms. The molecular weight excluding hydrogens is 232 g/mol. The largest absolute Gasteiger partial charge is 0.496 e. The topological polar surface area (TPSA) is 9.23 Å². The molecule has 0 spiro atoms. The summed E-state index contributed by atoms with van der Waals surface area (Å²) in [5.74, 6) is 0.955. The molecule has 0 aliphatic heterocycles. The van der Waals surface area contributed by atoms with E-state index >= 15 is 0 Å². The molecule has 1 heteroatoms. The van der Waals surface area contributed by atoms with Crippen LogP contribution in [0.5, 0.6) is 5.75 Å². The van der Waals surface area contributed by atoms with Gasteiger partial charge in [-0.25, -0.2) is 0 Å². The van der Waals surface area contributed by atoms with Crippen molar-refractivity contribution in [3.63, 3.8) is 0 Å². The Morgan fingerprint density at radius 1 is 0.789 bits per heavy atom. The van der Waals surface area contributed by atoms with Crippen LogP contribution >= 0.6 is 0 Å². The molecule has 1 aliphatic carbocycles. The maximum atomic E-state index is 5.46. The van der Waals surface area contributed by atoms with Gasteiger partial charge in [0.2, 0.25) is 0 Å². The first-order chi connectivity index (χ1) is 9.38. The number of ether oxygens (including phenoxy) is 1. The number of fused-ring (bicyclic) bond motifs is 5. The second kappa shape index (κ2) is 3.86. The summed E-state index contributed by atoms with van der Waals surface area (Å²) in [5.41, 5.74) is 5.60. The molecule has 0 aromatic heterocycles. The summed E-state index contributed by atoms with van der Waals surface area (Å²) in [6.07, 6.45) is 1.02. The highest BCUT2D eigenvalue weighted by Gasteiger charge is 2.20. The molecule has 0 unspecified atom stereocenters. The van der Waals surface area contributed by atoms with Crippen molar-refractivity contribution in [1.82, 2.24) is 0 Å². The number of methoxy groups -OCH3 is 1. The van der Waals surface area contributed by atoms with Crippen molar-refractivity contribution in [3.8, 4) is 16.9 Å². The quantitative estimate of drug-likeness (QED) is 0.483. The van der Waals surface area contributed by atoms with Crippen LogP contribution in [0.3, 0.4) is 0 Å². The highest BCUT2D eigenvalue weighted by Crippen LogP contribution is 2.41. The van der Waals surface area contributed by atoms with Gasteiger partial charge in [0.1, 0.15) is 5.75 Å². The first kappa shape index (κ1) is 10.6. The zero-order valence-electron chi connectivity index (χ0n) is 10.8. The van der Waals surface area contributed by atoms with E-state index in [1.807, 2.05) is 6.07 Å². The van der Waals surface area contributed by atoms with Crippen LogP contribution in [0.15, 0.2) is 54.6 Å². The molecule has 0 saturated heterocycles. The fourth-order valence-electron chi connectivity index (χ4n) is 3.14. The average molecular weight is 246 g/mol. The second-order valence-corrected chi connectivity index (χ2v) is 4.98. The molecule has 0 fully saturated rings. The van der Waals surface area contributed by atoms with Gasteiger partial charge in [-0.1, -0.05) is 48.5 Å². The van der Waals surface area contributed by atoms with Gasteiger partial charge in [0.15, 0.2) is 0 Å².